The highest BCUT2D eigenvalue weighted by Gasteiger charge is 2.28. The Hall–Kier alpha value is -2.22. The molecule has 1 fully saturated rings. The second-order valence-corrected chi connectivity index (χ2v) is 4.26. The van der Waals surface area contributed by atoms with Gasteiger partial charge in [0.25, 0.3) is 5.91 Å². The molecule has 1 aliphatic rings. The number of piperidine rings is 1. The van der Waals surface area contributed by atoms with Crippen molar-refractivity contribution in [2.75, 3.05) is 6.54 Å². The Balaban J connectivity index is 1.96. The summed E-state index contributed by atoms with van der Waals surface area (Å²) in [6, 6.07) is -0.690. The molecule has 1 aromatic rings. The average molecular weight is 265 g/mol. The van der Waals surface area contributed by atoms with Crippen molar-refractivity contribution in [3.05, 3.63) is 18.2 Å². The fourth-order valence-corrected chi connectivity index (χ4v) is 1.81. The zero-order valence-corrected chi connectivity index (χ0v) is 10.3. The van der Waals surface area contributed by atoms with E-state index in [0.29, 0.717) is 19.5 Å². The highest BCUT2D eigenvalue weighted by molar-refractivity contribution is 6.03. The van der Waals surface area contributed by atoms with Crippen molar-refractivity contribution in [3.63, 3.8) is 0 Å². The van der Waals surface area contributed by atoms with Crippen LogP contribution < -0.4 is 16.4 Å². The number of nitrogens with two attached hydrogens (primary N) is 1. The van der Waals surface area contributed by atoms with Crippen molar-refractivity contribution in [2.24, 2.45) is 5.73 Å². The number of imidazole rings is 1. The number of hydrogen-bond acceptors (Lipinski definition) is 5. The lowest BCUT2D eigenvalue weighted by atomic mass is 10.1. The van der Waals surface area contributed by atoms with E-state index in [0.717, 1.165) is 0 Å². The van der Waals surface area contributed by atoms with Crippen molar-refractivity contribution in [2.45, 2.75) is 25.4 Å². The molecule has 102 valence electrons. The third-order valence-corrected chi connectivity index (χ3v) is 2.80. The Labute approximate surface area is 109 Å². The van der Waals surface area contributed by atoms with Gasteiger partial charge in [-0.2, -0.15) is 0 Å². The molecule has 1 unspecified atom stereocenters. The second kappa shape index (κ2) is 5.61. The second-order valence-electron chi connectivity index (χ2n) is 4.26. The fourth-order valence-electron chi connectivity index (χ4n) is 1.81. The number of hydrogen-bond donors (Lipinski definition) is 3. The minimum absolute atomic E-state index is 0.221. The van der Waals surface area contributed by atoms with Crippen LogP contribution in [-0.4, -0.2) is 39.9 Å². The first kappa shape index (κ1) is 13.2. The molecule has 1 aliphatic heterocycles. The normalized spacial score (nSPS) is 19.1. The Morgan fingerprint density at radius 2 is 2.37 bits per heavy atom. The number of carbonyl (C=O) groups is 3. The molecule has 19 heavy (non-hydrogen) atoms. The molecule has 8 nitrogen and oxygen atoms in total. The number of imide groups is 1. The lowest BCUT2D eigenvalue weighted by molar-refractivity contribution is -0.134. The van der Waals surface area contributed by atoms with Gasteiger partial charge in [-0.1, -0.05) is 0 Å². The van der Waals surface area contributed by atoms with Gasteiger partial charge < -0.3 is 15.6 Å². The summed E-state index contributed by atoms with van der Waals surface area (Å²) in [7, 11) is 0. The van der Waals surface area contributed by atoms with E-state index in [2.05, 4.69) is 15.6 Å². The van der Waals surface area contributed by atoms with Gasteiger partial charge >= 0.3 is 0 Å². The molecule has 1 atom stereocenters. The largest absolute Gasteiger partial charge is 0.339 e. The SMILES string of the molecule is NCCn1cnc(C(=O)NC2CCC(=O)NC2=O)c1. The summed E-state index contributed by atoms with van der Waals surface area (Å²) in [6.45, 7) is 1.02. The lowest BCUT2D eigenvalue weighted by Gasteiger charge is -2.21. The molecule has 0 bridgehead atoms. The van der Waals surface area contributed by atoms with Crippen molar-refractivity contribution in [3.8, 4) is 0 Å². The standard InChI is InChI=1S/C11H15N5O3/c12-3-4-16-5-8(13-6-16)11(19)14-7-1-2-9(17)15-10(7)18/h5-7H,1-4,12H2,(H,14,19)(H,15,17,18). The summed E-state index contributed by atoms with van der Waals surface area (Å²) in [4.78, 5) is 38.3. The summed E-state index contributed by atoms with van der Waals surface area (Å²) in [6.07, 6.45) is 3.60. The van der Waals surface area contributed by atoms with Gasteiger partial charge in [0.2, 0.25) is 11.8 Å². The minimum Gasteiger partial charge on any atom is -0.339 e. The van der Waals surface area contributed by atoms with Crippen LogP contribution >= 0.6 is 0 Å². The summed E-state index contributed by atoms with van der Waals surface area (Å²) >= 11 is 0. The lowest BCUT2D eigenvalue weighted by Crippen LogP contribution is -2.52. The van der Waals surface area contributed by atoms with Crippen LogP contribution in [0.2, 0.25) is 0 Å². The van der Waals surface area contributed by atoms with Crippen LogP contribution in [0.3, 0.4) is 0 Å². The Morgan fingerprint density at radius 1 is 1.58 bits per heavy atom. The zero-order chi connectivity index (χ0) is 13.8. The molecule has 4 N–H and O–H groups in total. The van der Waals surface area contributed by atoms with E-state index >= 15 is 0 Å². The molecule has 1 saturated heterocycles. The predicted molar refractivity (Wildman–Crippen MR) is 64.9 cm³/mol. The van der Waals surface area contributed by atoms with E-state index in [-0.39, 0.29) is 18.0 Å². The maximum Gasteiger partial charge on any atom is 0.272 e. The first-order chi connectivity index (χ1) is 9.10. The van der Waals surface area contributed by atoms with E-state index in [4.69, 9.17) is 5.73 Å². The zero-order valence-electron chi connectivity index (χ0n) is 10.3. The molecule has 8 heteroatoms. The van der Waals surface area contributed by atoms with Crippen LogP contribution in [0.25, 0.3) is 0 Å². The summed E-state index contributed by atoms with van der Waals surface area (Å²) in [5.41, 5.74) is 5.61. The third-order valence-electron chi connectivity index (χ3n) is 2.80. The van der Waals surface area contributed by atoms with Crippen molar-refractivity contribution < 1.29 is 14.4 Å². The molecule has 0 radical (unpaired) electrons. The average Bonchev–Trinajstić information content (AvgIpc) is 2.82. The van der Waals surface area contributed by atoms with Crippen LogP contribution in [0.5, 0.6) is 0 Å². The number of rotatable bonds is 4. The Morgan fingerprint density at radius 3 is 3.05 bits per heavy atom. The summed E-state index contributed by atoms with van der Waals surface area (Å²) in [5, 5.41) is 4.73. The molecule has 0 spiro atoms. The van der Waals surface area contributed by atoms with Crippen LogP contribution in [0, 0.1) is 0 Å². The van der Waals surface area contributed by atoms with Crippen molar-refractivity contribution >= 4 is 17.7 Å². The quantitative estimate of drug-likeness (QED) is 0.565. The topological polar surface area (TPSA) is 119 Å². The number of nitrogens with one attached hydrogen (secondary N) is 2. The molecule has 0 saturated carbocycles. The molecule has 0 aliphatic carbocycles. The van der Waals surface area contributed by atoms with E-state index in [1.54, 1.807) is 10.8 Å². The van der Waals surface area contributed by atoms with E-state index in [9.17, 15) is 14.4 Å². The van der Waals surface area contributed by atoms with Crippen molar-refractivity contribution in [1.82, 2.24) is 20.2 Å². The maximum absolute atomic E-state index is 11.9. The monoisotopic (exact) mass is 265 g/mol. The Bertz CT molecular complexity index is 510. The molecule has 3 amide bonds. The molecule has 1 aromatic heterocycles. The third kappa shape index (κ3) is 3.16. The van der Waals surface area contributed by atoms with Crippen LogP contribution in [0.15, 0.2) is 12.5 Å². The molecule has 2 heterocycles. The van der Waals surface area contributed by atoms with Crippen LogP contribution in [-0.2, 0) is 16.1 Å². The highest BCUT2D eigenvalue weighted by atomic mass is 16.2. The first-order valence-electron chi connectivity index (χ1n) is 5.96. The summed E-state index contributed by atoms with van der Waals surface area (Å²) in [5.74, 6) is -1.24. The minimum atomic E-state index is -0.690. The molecule has 0 aromatic carbocycles. The molecular weight excluding hydrogens is 250 g/mol. The maximum atomic E-state index is 11.9. The van der Waals surface area contributed by atoms with Crippen LogP contribution in [0.4, 0.5) is 0 Å². The van der Waals surface area contributed by atoms with Gasteiger partial charge in [-0.05, 0) is 6.42 Å². The van der Waals surface area contributed by atoms with Gasteiger partial charge in [0.1, 0.15) is 11.7 Å². The number of carbonyl (C=O) groups excluding carboxylic acids is 3. The predicted octanol–water partition coefficient (Wildman–Crippen LogP) is -1.62. The van der Waals surface area contributed by atoms with E-state index in [1.807, 2.05) is 0 Å². The first-order valence-corrected chi connectivity index (χ1v) is 5.96. The van der Waals surface area contributed by atoms with Gasteiger partial charge in [-0.25, -0.2) is 4.98 Å². The highest BCUT2D eigenvalue weighted by Crippen LogP contribution is 2.05. The molecular formula is C11H15N5O3. The number of aromatic nitrogens is 2. The van der Waals surface area contributed by atoms with Crippen LogP contribution in [0.1, 0.15) is 23.3 Å². The van der Waals surface area contributed by atoms with E-state index < -0.39 is 17.9 Å². The van der Waals surface area contributed by atoms with Gasteiger partial charge in [-0.15, -0.1) is 0 Å². The van der Waals surface area contributed by atoms with Crippen molar-refractivity contribution in [1.29, 1.82) is 0 Å². The smallest absolute Gasteiger partial charge is 0.272 e. The van der Waals surface area contributed by atoms with E-state index in [1.165, 1.54) is 6.33 Å². The van der Waals surface area contributed by atoms with Gasteiger partial charge in [-0.3, -0.25) is 19.7 Å². The van der Waals surface area contributed by atoms with Gasteiger partial charge in [0.05, 0.1) is 6.33 Å². The van der Waals surface area contributed by atoms with Gasteiger partial charge in [0.15, 0.2) is 0 Å². The number of nitrogens with zero attached hydrogens (tertiary/aromatic N) is 2. The summed E-state index contributed by atoms with van der Waals surface area (Å²) < 4.78 is 1.69. The Kier molecular flexibility index (Phi) is 3.91. The molecule has 2 rings (SSSR count). The fraction of sp³-hybridized carbons (Fsp3) is 0.455. The number of amides is 3. The van der Waals surface area contributed by atoms with Gasteiger partial charge in [0, 0.05) is 25.7 Å².